The molecule has 1 heterocycles. The van der Waals surface area contributed by atoms with E-state index in [9.17, 15) is 4.79 Å². The molecule has 0 saturated heterocycles. The number of thiophene rings is 1. The molecule has 0 spiro atoms. The Bertz CT molecular complexity index is 387. The summed E-state index contributed by atoms with van der Waals surface area (Å²) in [5.74, 6) is -0.315. The average molecular weight is 255 g/mol. The number of nitrogens with two attached hydrogens (primary N) is 1. The largest absolute Gasteiger partial charge is 0.368 e. The number of carbonyl (C=O) groups is 1. The molecule has 1 atom stereocenters. The molecule has 0 fully saturated rings. The van der Waals surface area contributed by atoms with Crippen LogP contribution >= 0.6 is 11.3 Å². The number of amides is 1. The second-order valence-corrected chi connectivity index (χ2v) is 5.92. The van der Waals surface area contributed by atoms with Crippen molar-refractivity contribution in [1.29, 1.82) is 0 Å². The smallest absolute Gasteiger partial charge is 0.239 e. The van der Waals surface area contributed by atoms with Gasteiger partial charge < -0.3 is 16.0 Å². The molecular weight excluding hydrogens is 234 g/mol. The highest BCUT2D eigenvalue weighted by molar-refractivity contribution is 7.12. The van der Waals surface area contributed by atoms with E-state index < -0.39 is 0 Å². The topological polar surface area (TPSA) is 58.4 Å². The third kappa shape index (κ3) is 4.11. The van der Waals surface area contributed by atoms with Crippen molar-refractivity contribution in [1.82, 2.24) is 10.2 Å². The van der Waals surface area contributed by atoms with E-state index in [1.807, 2.05) is 34.0 Å². The molecule has 1 unspecified atom stereocenters. The van der Waals surface area contributed by atoms with Crippen LogP contribution in [0.2, 0.25) is 0 Å². The minimum absolute atomic E-state index is 0.315. The first kappa shape index (κ1) is 14.2. The van der Waals surface area contributed by atoms with E-state index in [4.69, 9.17) is 5.73 Å². The van der Waals surface area contributed by atoms with Crippen LogP contribution in [0.5, 0.6) is 0 Å². The number of nitrogens with one attached hydrogen (secondary N) is 1. The Morgan fingerprint density at radius 1 is 1.53 bits per heavy atom. The molecule has 3 N–H and O–H groups in total. The lowest BCUT2D eigenvalue weighted by molar-refractivity contribution is -0.120. The monoisotopic (exact) mass is 255 g/mol. The Morgan fingerprint density at radius 2 is 2.18 bits per heavy atom. The van der Waals surface area contributed by atoms with Crippen LogP contribution in [0.3, 0.4) is 0 Å². The summed E-state index contributed by atoms with van der Waals surface area (Å²) in [4.78, 5) is 15.9. The van der Waals surface area contributed by atoms with Crippen LogP contribution < -0.4 is 11.1 Å². The van der Waals surface area contributed by atoms with Gasteiger partial charge >= 0.3 is 0 Å². The fraction of sp³-hybridized carbons (Fsp3) is 0.583. The van der Waals surface area contributed by atoms with Crippen LogP contribution in [0, 0.1) is 13.8 Å². The van der Waals surface area contributed by atoms with Gasteiger partial charge in [-0.25, -0.2) is 0 Å². The summed E-state index contributed by atoms with van der Waals surface area (Å²) in [6.07, 6.45) is 0. The van der Waals surface area contributed by atoms with Gasteiger partial charge in [0.05, 0.1) is 0 Å². The fourth-order valence-electron chi connectivity index (χ4n) is 1.73. The van der Waals surface area contributed by atoms with Gasteiger partial charge in [0, 0.05) is 22.8 Å². The van der Waals surface area contributed by atoms with E-state index in [0.29, 0.717) is 0 Å². The highest BCUT2D eigenvalue weighted by atomic mass is 32.1. The van der Waals surface area contributed by atoms with Gasteiger partial charge in [-0.1, -0.05) is 0 Å². The fourth-order valence-corrected chi connectivity index (χ4v) is 2.70. The van der Waals surface area contributed by atoms with Gasteiger partial charge in [-0.15, -0.1) is 11.3 Å². The van der Waals surface area contributed by atoms with Gasteiger partial charge in [0.2, 0.25) is 5.91 Å². The number of rotatable bonds is 6. The summed E-state index contributed by atoms with van der Waals surface area (Å²) in [5, 5.41) is 3.21. The predicted molar refractivity (Wildman–Crippen MR) is 72.3 cm³/mol. The first-order valence-corrected chi connectivity index (χ1v) is 6.48. The molecule has 0 radical (unpaired) electrons. The lowest BCUT2D eigenvalue weighted by Gasteiger charge is -2.17. The number of hydrogen-bond donors (Lipinski definition) is 2. The Balaban J connectivity index is 2.73. The molecule has 1 aromatic heterocycles. The second-order valence-electron chi connectivity index (χ2n) is 4.46. The Hall–Kier alpha value is -0.910. The Kier molecular flexibility index (Phi) is 5.11. The van der Waals surface area contributed by atoms with E-state index in [2.05, 4.69) is 10.2 Å². The van der Waals surface area contributed by atoms with Crippen molar-refractivity contribution in [2.75, 3.05) is 27.2 Å². The van der Waals surface area contributed by atoms with Crippen LogP contribution in [-0.4, -0.2) is 38.0 Å². The van der Waals surface area contributed by atoms with Crippen molar-refractivity contribution in [2.24, 2.45) is 5.73 Å². The molecule has 0 saturated carbocycles. The van der Waals surface area contributed by atoms with Crippen LogP contribution in [0.25, 0.3) is 0 Å². The van der Waals surface area contributed by atoms with Gasteiger partial charge in [0.25, 0.3) is 0 Å². The standard InChI is InChI=1S/C12H21N3OS/c1-8-7-10(9(2)17-8)11(12(13)16)14-5-6-15(3)4/h7,11,14H,5-6H2,1-4H3,(H2,13,16). The first-order valence-electron chi connectivity index (χ1n) is 5.66. The zero-order valence-electron chi connectivity index (χ0n) is 10.9. The first-order chi connectivity index (χ1) is 7.91. The summed E-state index contributed by atoms with van der Waals surface area (Å²) in [6.45, 7) is 5.69. The SMILES string of the molecule is Cc1cc(C(NCCN(C)C)C(N)=O)c(C)s1. The lowest BCUT2D eigenvalue weighted by Crippen LogP contribution is -2.37. The van der Waals surface area contributed by atoms with Gasteiger partial charge in [-0.2, -0.15) is 0 Å². The molecule has 1 rings (SSSR count). The highest BCUT2D eigenvalue weighted by Gasteiger charge is 2.20. The van der Waals surface area contributed by atoms with Gasteiger partial charge in [-0.3, -0.25) is 4.79 Å². The molecule has 1 aromatic rings. The highest BCUT2D eigenvalue weighted by Crippen LogP contribution is 2.26. The van der Waals surface area contributed by atoms with Gasteiger partial charge in [0.1, 0.15) is 6.04 Å². The maximum atomic E-state index is 11.5. The summed E-state index contributed by atoms with van der Waals surface area (Å²) >= 11 is 1.70. The van der Waals surface area contributed by atoms with E-state index in [0.717, 1.165) is 23.5 Å². The number of carbonyl (C=O) groups excluding carboxylic acids is 1. The number of likely N-dealkylation sites (N-methyl/N-ethyl adjacent to an activating group) is 1. The van der Waals surface area contributed by atoms with Crippen molar-refractivity contribution in [3.05, 3.63) is 21.4 Å². The van der Waals surface area contributed by atoms with Crippen molar-refractivity contribution in [3.63, 3.8) is 0 Å². The van der Waals surface area contributed by atoms with E-state index in [-0.39, 0.29) is 11.9 Å². The summed E-state index contributed by atoms with van der Waals surface area (Å²) in [6, 6.07) is 1.66. The molecule has 4 nitrogen and oxygen atoms in total. The number of nitrogens with zero attached hydrogens (tertiary/aromatic N) is 1. The lowest BCUT2D eigenvalue weighted by atomic mass is 10.1. The van der Waals surface area contributed by atoms with Crippen LogP contribution in [0.4, 0.5) is 0 Å². The quantitative estimate of drug-likeness (QED) is 0.798. The van der Waals surface area contributed by atoms with Gasteiger partial charge in [0.15, 0.2) is 0 Å². The third-order valence-electron chi connectivity index (χ3n) is 2.58. The Morgan fingerprint density at radius 3 is 2.59 bits per heavy atom. The summed E-state index contributed by atoms with van der Waals surface area (Å²) < 4.78 is 0. The molecule has 5 heteroatoms. The third-order valence-corrected chi connectivity index (χ3v) is 3.56. The molecule has 0 aromatic carbocycles. The minimum atomic E-state index is -0.375. The van der Waals surface area contributed by atoms with Gasteiger partial charge in [-0.05, 0) is 39.6 Å². The maximum Gasteiger partial charge on any atom is 0.239 e. The predicted octanol–water partition coefficient (Wildman–Crippen LogP) is 1.04. The zero-order chi connectivity index (χ0) is 13.0. The van der Waals surface area contributed by atoms with E-state index in [1.165, 1.54) is 4.88 Å². The average Bonchev–Trinajstić information content (AvgIpc) is 2.51. The van der Waals surface area contributed by atoms with Crippen molar-refractivity contribution in [3.8, 4) is 0 Å². The van der Waals surface area contributed by atoms with Crippen LogP contribution in [-0.2, 0) is 4.79 Å². The molecule has 0 bridgehead atoms. The number of aryl methyl sites for hydroxylation is 2. The molecular formula is C12H21N3OS. The minimum Gasteiger partial charge on any atom is -0.368 e. The molecule has 0 aliphatic rings. The summed E-state index contributed by atoms with van der Waals surface area (Å²) in [5.41, 5.74) is 6.47. The number of primary amides is 1. The normalized spacial score (nSPS) is 13.0. The maximum absolute atomic E-state index is 11.5. The molecule has 17 heavy (non-hydrogen) atoms. The zero-order valence-corrected chi connectivity index (χ0v) is 11.7. The van der Waals surface area contributed by atoms with Crippen LogP contribution in [0.15, 0.2) is 6.07 Å². The van der Waals surface area contributed by atoms with Crippen molar-refractivity contribution in [2.45, 2.75) is 19.9 Å². The molecule has 0 aliphatic carbocycles. The number of hydrogen-bond acceptors (Lipinski definition) is 4. The van der Waals surface area contributed by atoms with Crippen molar-refractivity contribution >= 4 is 17.2 Å². The van der Waals surface area contributed by atoms with Crippen molar-refractivity contribution < 1.29 is 4.79 Å². The van der Waals surface area contributed by atoms with Crippen LogP contribution in [0.1, 0.15) is 21.4 Å². The second kappa shape index (κ2) is 6.14. The Labute approximate surface area is 107 Å². The molecule has 96 valence electrons. The molecule has 0 aliphatic heterocycles. The van der Waals surface area contributed by atoms with E-state index >= 15 is 0 Å². The molecule has 1 amide bonds. The van der Waals surface area contributed by atoms with E-state index in [1.54, 1.807) is 11.3 Å². The summed E-state index contributed by atoms with van der Waals surface area (Å²) in [7, 11) is 4.00.